The van der Waals surface area contributed by atoms with Gasteiger partial charge in [-0.2, -0.15) is 5.10 Å². The standard InChI is InChI=1S/C23H27ClN6/c1-14(18-6-9-27-29-18)17-12-19(28-22(26)20(17)24)30-10-7-23(8-11-30)13-15-4-2-3-5-16(15)21(23)25/h2-5,12,21,27H,1,6-11,13,25H2,(H2,26,28). The second-order valence-electron chi connectivity index (χ2n) is 8.63. The van der Waals surface area contributed by atoms with Crippen molar-refractivity contribution in [2.24, 2.45) is 16.3 Å². The molecule has 1 unspecified atom stereocenters. The molecule has 2 aromatic rings. The number of nitrogens with two attached hydrogens (primary N) is 2. The highest BCUT2D eigenvalue weighted by Gasteiger charge is 2.45. The molecule has 1 aromatic carbocycles. The van der Waals surface area contributed by atoms with Crippen molar-refractivity contribution in [3.8, 4) is 0 Å². The average molecular weight is 423 g/mol. The summed E-state index contributed by atoms with van der Waals surface area (Å²) in [7, 11) is 0. The lowest BCUT2D eigenvalue weighted by Gasteiger charge is -2.42. The minimum absolute atomic E-state index is 0.0994. The molecule has 2 aliphatic heterocycles. The van der Waals surface area contributed by atoms with E-state index in [1.807, 2.05) is 6.07 Å². The minimum Gasteiger partial charge on any atom is -0.382 e. The van der Waals surface area contributed by atoms with Crippen LogP contribution in [-0.4, -0.2) is 30.3 Å². The van der Waals surface area contributed by atoms with Crippen molar-refractivity contribution in [1.82, 2.24) is 10.4 Å². The number of piperidine rings is 1. The molecule has 1 aromatic heterocycles. The van der Waals surface area contributed by atoms with Gasteiger partial charge in [0.05, 0.1) is 10.7 Å². The fraction of sp³-hybridized carbons (Fsp3) is 0.391. The van der Waals surface area contributed by atoms with Crippen LogP contribution in [0.15, 0.2) is 42.0 Å². The Labute approximate surface area is 182 Å². The summed E-state index contributed by atoms with van der Waals surface area (Å²) in [5.41, 5.74) is 21.3. The molecule has 3 heterocycles. The van der Waals surface area contributed by atoms with Crippen LogP contribution in [0.3, 0.4) is 0 Å². The van der Waals surface area contributed by atoms with E-state index >= 15 is 0 Å². The van der Waals surface area contributed by atoms with Crippen LogP contribution in [0.25, 0.3) is 5.57 Å². The van der Waals surface area contributed by atoms with Gasteiger partial charge in [0, 0.05) is 37.7 Å². The van der Waals surface area contributed by atoms with Gasteiger partial charge in [0.1, 0.15) is 11.6 Å². The third kappa shape index (κ3) is 3.06. The maximum absolute atomic E-state index is 6.72. The van der Waals surface area contributed by atoms with Gasteiger partial charge in [-0.05, 0) is 47.4 Å². The number of nitrogens with one attached hydrogen (secondary N) is 1. The van der Waals surface area contributed by atoms with E-state index in [1.54, 1.807) is 0 Å². The van der Waals surface area contributed by atoms with Gasteiger partial charge in [-0.1, -0.05) is 42.4 Å². The number of hydrogen-bond acceptors (Lipinski definition) is 6. The molecule has 1 saturated heterocycles. The maximum Gasteiger partial charge on any atom is 0.145 e. The zero-order valence-electron chi connectivity index (χ0n) is 17.0. The topological polar surface area (TPSA) is 92.6 Å². The Morgan fingerprint density at radius 2 is 2.03 bits per heavy atom. The highest BCUT2D eigenvalue weighted by molar-refractivity contribution is 6.37. The normalized spacial score (nSPS) is 22.0. The summed E-state index contributed by atoms with van der Waals surface area (Å²) in [5, 5.41) is 4.77. The van der Waals surface area contributed by atoms with Crippen molar-refractivity contribution < 1.29 is 0 Å². The largest absolute Gasteiger partial charge is 0.382 e. The summed E-state index contributed by atoms with van der Waals surface area (Å²) < 4.78 is 0. The van der Waals surface area contributed by atoms with E-state index in [2.05, 4.69) is 51.3 Å². The number of rotatable bonds is 3. The lowest BCUT2D eigenvalue weighted by atomic mass is 9.73. The van der Waals surface area contributed by atoms with Gasteiger partial charge in [0.2, 0.25) is 0 Å². The molecule has 1 spiro atoms. The van der Waals surface area contributed by atoms with Gasteiger partial charge in [-0.25, -0.2) is 4.98 Å². The van der Waals surface area contributed by atoms with Crippen molar-refractivity contribution in [3.63, 3.8) is 0 Å². The average Bonchev–Trinajstić information content (AvgIpc) is 3.38. The molecule has 1 aliphatic carbocycles. The minimum atomic E-state index is 0.0994. The quantitative estimate of drug-likeness (QED) is 0.703. The first-order valence-corrected chi connectivity index (χ1v) is 10.9. The van der Waals surface area contributed by atoms with Gasteiger partial charge in [0.15, 0.2) is 0 Å². The van der Waals surface area contributed by atoms with E-state index in [-0.39, 0.29) is 11.5 Å². The van der Waals surface area contributed by atoms with Crippen LogP contribution < -0.4 is 21.8 Å². The molecule has 7 heteroatoms. The van der Waals surface area contributed by atoms with Crippen LogP contribution in [0.5, 0.6) is 0 Å². The molecule has 0 bridgehead atoms. The number of hydrogen-bond donors (Lipinski definition) is 3. The lowest BCUT2D eigenvalue weighted by Crippen LogP contribution is -2.44. The van der Waals surface area contributed by atoms with Crippen molar-refractivity contribution in [2.75, 3.05) is 30.3 Å². The third-order valence-corrected chi connectivity index (χ3v) is 7.40. The molecule has 1 fully saturated rings. The fourth-order valence-corrected chi connectivity index (χ4v) is 5.37. The first-order valence-electron chi connectivity index (χ1n) is 10.5. The van der Waals surface area contributed by atoms with Crippen LogP contribution in [-0.2, 0) is 6.42 Å². The number of nitrogen functional groups attached to an aromatic ring is 1. The van der Waals surface area contributed by atoms with Crippen molar-refractivity contribution in [1.29, 1.82) is 0 Å². The summed E-state index contributed by atoms with van der Waals surface area (Å²) in [4.78, 5) is 6.87. The molecule has 156 valence electrons. The molecule has 5 rings (SSSR count). The Balaban J connectivity index is 1.37. The Bertz CT molecular complexity index is 1040. The highest BCUT2D eigenvalue weighted by Crippen LogP contribution is 2.51. The maximum atomic E-state index is 6.72. The second-order valence-corrected chi connectivity index (χ2v) is 9.00. The molecule has 0 saturated carbocycles. The van der Waals surface area contributed by atoms with Crippen molar-refractivity contribution in [2.45, 2.75) is 31.7 Å². The number of hydrazone groups is 1. The number of pyridine rings is 1. The predicted molar refractivity (Wildman–Crippen MR) is 124 cm³/mol. The number of halogens is 1. The van der Waals surface area contributed by atoms with E-state index in [0.29, 0.717) is 10.8 Å². The second kappa shape index (κ2) is 7.29. The molecule has 6 nitrogen and oxygen atoms in total. The molecule has 0 amide bonds. The number of fused-ring (bicyclic) bond motifs is 1. The van der Waals surface area contributed by atoms with Gasteiger partial charge in [-0.15, -0.1) is 0 Å². The first-order chi connectivity index (χ1) is 14.5. The lowest BCUT2D eigenvalue weighted by molar-refractivity contribution is 0.187. The zero-order valence-corrected chi connectivity index (χ0v) is 17.8. The predicted octanol–water partition coefficient (Wildman–Crippen LogP) is 3.52. The number of benzene rings is 1. The Morgan fingerprint density at radius 1 is 1.27 bits per heavy atom. The monoisotopic (exact) mass is 422 g/mol. The summed E-state index contributed by atoms with van der Waals surface area (Å²) in [6.07, 6.45) is 3.95. The number of allylic oxidation sites excluding steroid dienone is 1. The van der Waals surface area contributed by atoms with Crippen molar-refractivity contribution >= 4 is 34.5 Å². The SMILES string of the molecule is C=C(C1=NNCC1)c1cc(N2CCC3(CC2)Cc2ccccc2C3N)nc(N)c1Cl. The number of anilines is 2. The summed E-state index contributed by atoms with van der Waals surface area (Å²) in [6.45, 7) is 6.81. The van der Waals surface area contributed by atoms with Crippen LogP contribution >= 0.6 is 11.6 Å². The van der Waals surface area contributed by atoms with Crippen LogP contribution in [0.2, 0.25) is 5.02 Å². The van der Waals surface area contributed by atoms with E-state index in [9.17, 15) is 0 Å². The van der Waals surface area contributed by atoms with Crippen molar-refractivity contribution in [3.05, 3.63) is 58.6 Å². The van der Waals surface area contributed by atoms with E-state index < -0.39 is 0 Å². The highest BCUT2D eigenvalue weighted by atomic mass is 35.5. The van der Waals surface area contributed by atoms with Crippen LogP contribution in [0.4, 0.5) is 11.6 Å². The molecule has 3 aliphatic rings. The van der Waals surface area contributed by atoms with Gasteiger partial charge >= 0.3 is 0 Å². The molecular formula is C23H27ClN6. The molecule has 5 N–H and O–H groups in total. The number of aromatic nitrogens is 1. The van der Waals surface area contributed by atoms with E-state index in [0.717, 1.165) is 68.0 Å². The van der Waals surface area contributed by atoms with Gasteiger partial charge in [0.25, 0.3) is 0 Å². The molecular weight excluding hydrogens is 396 g/mol. The summed E-state index contributed by atoms with van der Waals surface area (Å²) in [6, 6.07) is 10.7. The number of nitrogens with zero attached hydrogens (tertiary/aromatic N) is 3. The third-order valence-electron chi connectivity index (χ3n) is 7.01. The zero-order chi connectivity index (χ0) is 20.9. The summed E-state index contributed by atoms with van der Waals surface area (Å²) >= 11 is 6.49. The molecule has 1 atom stereocenters. The van der Waals surface area contributed by atoms with E-state index in [4.69, 9.17) is 23.1 Å². The van der Waals surface area contributed by atoms with E-state index in [1.165, 1.54) is 11.1 Å². The van der Waals surface area contributed by atoms with Crippen LogP contribution in [0, 0.1) is 5.41 Å². The van der Waals surface area contributed by atoms with Crippen LogP contribution in [0.1, 0.15) is 42.0 Å². The molecule has 30 heavy (non-hydrogen) atoms. The van der Waals surface area contributed by atoms with Gasteiger partial charge in [-0.3, -0.25) is 0 Å². The fourth-order valence-electron chi connectivity index (χ4n) is 5.16. The Morgan fingerprint density at radius 3 is 2.73 bits per heavy atom. The summed E-state index contributed by atoms with van der Waals surface area (Å²) in [5.74, 6) is 1.18. The smallest absolute Gasteiger partial charge is 0.145 e. The Hall–Kier alpha value is -2.57. The molecule has 0 radical (unpaired) electrons. The van der Waals surface area contributed by atoms with Gasteiger partial charge < -0.3 is 21.8 Å². The first kappa shape index (κ1) is 19.4. The Kier molecular flexibility index (Phi) is 4.71.